The van der Waals surface area contributed by atoms with Crippen molar-refractivity contribution in [3.05, 3.63) is 138 Å². The number of hydrogen-bond acceptors (Lipinski definition) is 0. The van der Waals surface area contributed by atoms with Crippen LogP contribution in [0.1, 0.15) is 65.0 Å². The maximum absolute atomic E-state index is 2.53. The Hall–Kier alpha value is -4.88. The van der Waals surface area contributed by atoms with Crippen LogP contribution in [0.25, 0.3) is 70.8 Å². The summed E-state index contributed by atoms with van der Waals surface area (Å²) in [6.45, 7) is 13.7. The van der Waals surface area contributed by atoms with Crippen molar-refractivity contribution in [2.24, 2.45) is 5.41 Å². The molecule has 1 nitrogen and oxygen atoms in total. The van der Waals surface area contributed by atoms with Crippen LogP contribution in [-0.2, 0) is 5.41 Å². The smallest absolute Gasteiger partial charge is 0.0620 e. The molecule has 0 spiro atoms. The summed E-state index contributed by atoms with van der Waals surface area (Å²) in [6.07, 6.45) is 8.25. The van der Waals surface area contributed by atoms with Crippen LogP contribution in [0.3, 0.4) is 0 Å². The summed E-state index contributed by atoms with van der Waals surface area (Å²) in [5.74, 6) is 0.417. The highest BCUT2D eigenvalue weighted by Crippen LogP contribution is 2.43. The van der Waals surface area contributed by atoms with Crippen LogP contribution < -0.4 is 0 Å². The lowest BCUT2D eigenvalue weighted by atomic mass is 9.80. The SMILES string of the molecule is CC(C)(C)C1=CCC(c2ccc3cc4c5cccc6c7cc8ccc(-c9ccc(C(C)(C)C)cc9)cc8cc7n(c4cc3c2)c65)C=C1. The van der Waals surface area contributed by atoms with Gasteiger partial charge in [-0.2, -0.15) is 0 Å². The number of para-hydroxylation sites is 1. The molecule has 1 unspecified atom stereocenters. The van der Waals surface area contributed by atoms with Gasteiger partial charge in [0.1, 0.15) is 0 Å². The molecule has 9 rings (SSSR count). The molecule has 0 saturated carbocycles. The summed E-state index contributed by atoms with van der Waals surface area (Å²) in [6, 6.07) is 39.6. The van der Waals surface area contributed by atoms with Gasteiger partial charge in [0, 0.05) is 27.5 Å². The third-order valence-electron chi connectivity index (χ3n) is 10.7. The van der Waals surface area contributed by atoms with Gasteiger partial charge in [-0.3, -0.25) is 0 Å². The highest BCUT2D eigenvalue weighted by molar-refractivity contribution is 6.26. The fourth-order valence-corrected chi connectivity index (χ4v) is 7.98. The zero-order chi connectivity index (χ0) is 32.2. The summed E-state index contributed by atoms with van der Waals surface area (Å²) in [4.78, 5) is 0. The van der Waals surface area contributed by atoms with E-state index in [4.69, 9.17) is 0 Å². The Morgan fingerprint density at radius 2 is 1.17 bits per heavy atom. The van der Waals surface area contributed by atoms with Crippen molar-refractivity contribution in [1.29, 1.82) is 0 Å². The van der Waals surface area contributed by atoms with Crippen LogP contribution >= 0.6 is 0 Å². The van der Waals surface area contributed by atoms with Crippen molar-refractivity contribution in [3.8, 4) is 11.1 Å². The zero-order valence-electron chi connectivity index (χ0n) is 28.3. The zero-order valence-corrected chi connectivity index (χ0v) is 28.3. The van der Waals surface area contributed by atoms with E-state index in [0.29, 0.717) is 5.92 Å². The van der Waals surface area contributed by atoms with Crippen LogP contribution in [0, 0.1) is 5.41 Å². The highest BCUT2D eigenvalue weighted by Gasteiger charge is 2.21. The van der Waals surface area contributed by atoms with E-state index in [1.54, 1.807) is 0 Å². The predicted molar refractivity (Wildman–Crippen MR) is 204 cm³/mol. The first-order valence-electron chi connectivity index (χ1n) is 17.1. The number of aromatic nitrogens is 1. The minimum absolute atomic E-state index is 0.148. The summed E-state index contributed by atoms with van der Waals surface area (Å²) in [5, 5.41) is 10.5. The van der Waals surface area contributed by atoms with E-state index >= 15 is 0 Å². The molecular formula is C46H41N. The van der Waals surface area contributed by atoms with Crippen molar-refractivity contribution in [1.82, 2.24) is 4.40 Å². The molecule has 0 aliphatic heterocycles. The fraction of sp³-hybridized carbons (Fsp3) is 0.217. The van der Waals surface area contributed by atoms with Gasteiger partial charge < -0.3 is 4.40 Å². The third kappa shape index (κ3) is 4.43. The topological polar surface area (TPSA) is 4.41 Å². The first-order valence-corrected chi connectivity index (χ1v) is 17.1. The number of nitrogens with zero attached hydrogens (tertiary/aromatic N) is 1. The second kappa shape index (κ2) is 9.81. The van der Waals surface area contributed by atoms with Gasteiger partial charge in [-0.1, -0.05) is 133 Å². The molecule has 1 aliphatic carbocycles. The number of allylic oxidation sites excluding steroid dienone is 4. The summed E-state index contributed by atoms with van der Waals surface area (Å²) in [5.41, 5.74) is 11.0. The Morgan fingerprint density at radius 3 is 1.77 bits per heavy atom. The standard InChI is InChI=1S/C46H41N/c1-45(2,3)36-18-14-28(15-19-36)30-10-12-32-24-40-38-8-7-9-39-41-25-33-13-11-31(29-16-20-37(21-17-29)46(4,5)6)23-35(33)27-43(41)47(44(38)39)42(40)26-34(32)22-30/h7-16,18-27,29H,17H2,1-6H3. The van der Waals surface area contributed by atoms with E-state index in [-0.39, 0.29) is 10.8 Å². The molecule has 8 aromatic rings. The minimum Gasteiger partial charge on any atom is -0.308 e. The van der Waals surface area contributed by atoms with Gasteiger partial charge >= 0.3 is 0 Å². The third-order valence-corrected chi connectivity index (χ3v) is 10.7. The van der Waals surface area contributed by atoms with Crippen molar-refractivity contribution in [2.75, 3.05) is 0 Å². The fourth-order valence-electron chi connectivity index (χ4n) is 7.98. The van der Waals surface area contributed by atoms with Gasteiger partial charge in [0.25, 0.3) is 0 Å². The quantitative estimate of drug-likeness (QED) is 0.184. The normalized spacial score (nSPS) is 16.0. The number of fused-ring (bicyclic) bond motifs is 8. The molecule has 0 N–H and O–H groups in total. The van der Waals surface area contributed by atoms with E-state index in [0.717, 1.165) is 6.42 Å². The summed E-state index contributed by atoms with van der Waals surface area (Å²) in [7, 11) is 0. The predicted octanol–water partition coefficient (Wildman–Crippen LogP) is 13.1. The average Bonchev–Trinajstić information content (AvgIpc) is 3.56. The van der Waals surface area contributed by atoms with Crippen LogP contribution in [0.2, 0.25) is 0 Å². The van der Waals surface area contributed by atoms with E-state index in [9.17, 15) is 0 Å². The van der Waals surface area contributed by atoms with E-state index < -0.39 is 0 Å². The van der Waals surface area contributed by atoms with E-state index in [1.807, 2.05) is 0 Å². The van der Waals surface area contributed by atoms with Gasteiger partial charge in [-0.05, 0) is 97.0 Å². The molecule has 0 radical (unpaired) electrons. The maximum atomic E-state index is 2.53. The van der Waals surface area contributed by atoms with Crippen molar-refractivity contribution in [2.45, 2.75) is 59.3 Å². The second-order valence-corrected chi connectivity index (χ2v) is 15.9. The number of benzene rings is 6. The minimum atomic E-state index is 0.148. The van der Waals surface area contributed by atoms with Gasteiger partial charge in [0.05, 0.1) is 16.6 Å². The first kappa shape index (κ1) is 28.4. The molecule has 0 amide bonds. The molecule has 1 aliphatic rings. The molecule has 1 heteroatoms. The lowest BCUT2D eigenvalue weighted by Gasteiger charge is -2.25. The van der Waals surface area contributed by atoms with Crippen molar-refractivity contribution < 1.29 is 0 Å². The summed E-state index contributed by atoms with van der Waals surface area (Å²) >= 11 is 0. The number of rotatable bonds is 2. The summed E-state index contributed by atoms with van der Waals surface area (Å²) < 4.78 is 2.53. The maximum Gasteiger partial charge on any atom is 0.0620 e. The molecule has 230 valence electrons. The molecule has 6 aromatic carbocycles. The van der Waals surface area contributed by atoms with Crippen molar-refractivity contribution in [3.63, 3.8) is 0 Å². The second-order valence-electron chi connectivity index (χ2n) is 15.9. The molecular weight excluding hydrogens is 567 g/mol. The molecule has 47 heavy (non-hydrogen) atoms. The van der Waals surface area contributed by atoms with Crippen LogP contribution in [-0.4, -0.2) is 4.40 Å². The van der Waals surface area contributed by atoms with Gasteiger partial charge in [0.15, 0.2) is 0 Å². The highest BCUT2D eigenvalue weighted by atomic mass is 14.9. The van der Waals surface area contributed by atoms with Gasteiger partial charge in [-0.25, -0.2) is 0 Å². The Bertz CT molecular complexity index is 2590. The van der Waals surface area contributed by atoms with Crippen LogP contribution in [0.15, 0.2) is 127 Å². The first-order chi connectivity index (χ1) is 22.5. The molecule has 2 heterocycles. The Labute approximate surface area is 277 Å². The number of hydrogen-bond donors (Lipinski definition) is 0. The lowest BCUT2D eigenvalue weighted by molar-refractivity contribution is 0.510. The van der Waals surface area contributed by atoms with E-state index in [2.05, 4.69) is 167 Å². The van der Waals surface area contributed by atoms with Crippen molar-refractivity contribution >= 4 is 59.6 Å². The van der Waals surface area contributed by atoms with Crippen LogP contribution in [0.4, 0.5) is 0 Å². The Balaban J connectivity index is 1.21. The van der Waals surface area contributed by atoms with Gasteiger partial charge in [0.2, 0.25) is 0 Å². The molecule has 1 atom stereocenters. The molecule has 0 fully saturated rings. The van der Waals surface area contributed by atoms with E-state index in [1.165, 1.54) is 87.5 Å². The molecule has 0 saturated heterocycles. The average molecular weight is 608 g/mol. The van der Waals surface area contributed by atoms with Crippen LogP contribution in [0.5, 0.6) is 0 Å². The monoisotopic (exact) mass is 607 g/mol. The largest absolute Gasteiger partial charge is 0.308 e. The molecule has 0 bridgehead atoms. The van der Waals surface area contributed by atoms with Gasteiger partial charge in [-0.15, -0.1) is 0 Å². The Morgan fingerprint density at radius 1 is 0.553 bits per heavy atom. The molecule has 2 aromatic heterocycles. The Kier molecular flexibility index (Phi) is 5.92. The lowest BCUT2D eigenvalue weighted by Crippen LogP contribution is -2.11.